The van der Waals surface area contributed by atoms with E-state index in [0.717, 1.165) is 45.4 Å². The Bertz CT molecular complexity index is 1790. The van der Waals surface area contributed by atoms with Crippen LogP contribution in [0.4, 0.5) is 17.1 Å². The molecular weight excluding hydrogens is 474 g/mol. The highest BCUT2D eigenvalue weighted by molar-refractivity contribution is 6.06. The van der Waals surface area contributed by atoms with Gasteiger partial charge in [0.1, 0.15) is 11.2 Å². The maximum absolute atomic E-state index is 6.29. The Balaban J connectivity index is 1.51. The number of nitrogens with zero attached hydrogens (tertiary/aromatic N) is 1. The highest BCUT2D eigenvalue weighted by Gasteiger charge is 2.18. The van der Waals surface area contributed by atoms with Crippen molar-refractivity contribution < 1.29 is 4.42 Å². The van der Waals surface area contributed by atoms with Gasteiger partial charge in [-0.25, -0.2) is 0 Å². The second-order valence-electron chi connectivity index (χ2n) is 9.73. The molecule has 2 heteroatoms. The summed E-state index contributed by atoms with van der Waals surface area (Å²) in [6, 6.07) is 42.8. The molecule has 0 unspecified atom stereocenters. The third kappa shape index (κ3) is 4.89. The first-order valence-electron chi connectivity index (χ1n) is 13.5. The van der Waals surface area contributed by atoms with Crippen molar-refractivity contribution >= 4 is 44.6 Å². The molecule has 0 N–H and O–H groups in total. The Kier molecular flexibility index (Phi) is 6.84. The van der Waals surface area contributed by atoms with E-state index in [1.165, 1.54) is 22.3 Å². The van der Waals surface area contributed by atoms with Crippen molar-refractivity contribution in [2.45, 2.75) is 20.3 Å². The summed E-state index contributed by atoms with van der Waals surface area (Å²) in [6.45, 7) is 4.31. The van der Waals surface area contributed by atoms with E-state index in [1.807, 2.05) is 12.1 Å². The maximum atomic E-state index is 6.29. The highest BCUT2D eigenvalue weighted by Crippen LogP contribution is 2.42. The topological polar surface area (TPSA) is 16.4 Å². The lowest BCUT2D eigenvalue weighted by molar-refractivity contribution is 0.669. The van der Waals surface area contributed by atoms with Crippen LogP contribution in [0.25, 0.3) is 38.6 Å². The molecule has 0 aliphatic rings. The molecule has 0 radical (unpaired) electrons. The summed E-state index contributed by atoms with van der Waals surface area (Å²) < 4.78 is 6.29. The van der Waals surface area contributed by atoms with Crippen molar-refractivity contribution in [1.82, 2.24) is 0 Å². The predicted molar refractivity (Wildman–Crippen MR) is 167 cm³/mol. The summed E-state index contributed by atoms with van der Waals surface area (Å²) in [7, 11) is 0. The average Bonchev–Trinajstić information content (AvgIpc) is 3.36. The van der Waals surface area contributed by atoms with Gasteiger partial charge in [-0.15, -0.1) is 0 Å². The Morgan fingerprint density at radius 2 is 1.38 bits per heavy atom. The van der Waals surface area contributed by atoms with Crippen LogP contribution in [0.5, 0.6) is 0 Å². The number of allylic oxidation sites excluding steroid dienone is 4. The molecule has 0 bridgehead atoms. The molecule has 0 saturated carbocycles. The molecule has 0 atom stereocenters. The Labute approximate surface area is 230 Å². The molecule has 0 aliphatic heterocycles. The van der Waals surface area contributed by atoms with Crippen LogP contribution in [0.15, 0.2) is 144 Å². The van der Waals surface area contributed by atoms with E-state index in [9.17, 15) is 0 Å². The molecule has 6 rings (SSSR count). The van der Waals surface area contributed by atoms with Gasteiger partial charge in [-0.3, -0.25) is 0 Å². The minimum Gasteiger partial charge on any atom is -0.456 e. The first-order valence-corrected chi connectivity index (χ1v) is 13.5. The summed E-state index contributed by atoms with van der Waals surface area (Å²) >= 11 is 0. The zero-order valence-corrected chi connectivity index (χ0v) is 22.3. The molecule has 39 heavy (non-hydrogen) atoms. The normalized spacial score (nSPS) is 12.0. The number of hydrogen-bond acceptors (Lipinski definition) is 2. The van der Waals surface area contributed by atoms with E-state index in [4.69, 9.17) is 4.42 Å². The van der Waals surface area contributed by atoms with Gasteiger partial charge >= 0.3 is 0 Å². The molecule has 2 nitrogen and oxygen atoms in total. The van der Waals surface area contributed by atoms with Crippen molar-refractivity contribution in [3.63, 3.8) is 0 Å². The molecule has 0 saturated heterocycles. The fourth-order valence-electron chi connectivity index (χ4n) is 5.13. The van der Waals surface area contributed by atoms with E-state index in [-0.39, 0.29) is 0 Å². The molecule has 5 aromatic carbocycles. The summed E-state index contributed by atoms with van der Waals surface area (Å²) in [5.74, 6) is 0. The van der Waals surface area contributed by atoms with Crippen LogP contribution in [0.3, 0.4) is 0 Å². The van der Waals surface area contributed by atoms with Gasteiger partial charge in [0.05, 0.1) is 5.69 Å². The third-order valence-electron chi connectivity index (χ3n) is 7.15. The zero-order chi connectivity index (χ0) is 26.6. The fraction of sp³-hybridized carbons (Fsp3) is 0.0811. The van der Waals surface area contributed by atoms with Crippen molar-refractivity contribution in [2.24, 2.45) is 0 Å². The van der Waals surface area contributed by atoms with Crippen LogP contribution in [-0.2, 0) is 0 Å². The third-order valence-corrected chi connectivity index (χ3v) is 7.15. The minimum absolute atomic E-state index is 0.883. The summed E-state index contributed by atoms with van der Waals surface area (Å²) in [6.07, 6.45) is 7.52. The SMILES string of the molecule is CC/C=C\C=C(/C)c1ccc(N(c2ccc3c(c2)oc2ccccc23)c2ccccc2-c2ccccc2)cc1. The summed E-state index contributed by atoms with van der Waals surface area (Å²) in [5.41, 5.74) is 9.86. The predicted octanol–water partition coefficient (Wildman–Crippen LogP) is 11.1. The van der Waals surface area contributed by atoms with Gasteiger partial charge in [0.2, 0.25) is 0 Å². The van der Waals surface area contributed by atoms with E-state index < -0.39 is 0 Å². The quantitative estimate of drug-likeness (QED) is 0.201. The minimum atomic E-state index is 0.883. The average molecular weight is 506 g/mol. The van der Waals surface area contributed by atoms with Crippen LogP contribution in [0.1, 0.15) is 25.8 Å². The van der Waals surface area contributed by atoms with E-state index in [0.29, 0.717) is 0 Å². The summed E-state index contributed by atoms with van der Waals surface area (Å²) in [5, 5.41) is 2.26. The van der Waals surface area contributed by atoms with Gasteiger partial charge in [0.25, 0.3) is 0 Å². The Morgan fingerprint density at radius 3 is 2.21 bits per heavy atom. The standard InChI is InChI=1S/C37H31NO/c1-3-4-6-13-27(2)28-20-22-30(23-21-28)38(35-18-11-9-16-32(35)29-14-7-5-8-15-29)31-24-25-34-33-17-10-12-19-36(33)39-37(34)26-31/h4-26H,3H2,1-2H3/b6-4-,27-13+. The lowest BCUT2D eigenvalue weighted by Gasteiger charge is -2.28. The van der Waals surface area contributed by atoms with Crippen LogP contribution in [0.2, 0.25) is 0 Å². The van der Waals surface area contributed by atoms with E-state index in [2.05, 4.69) is 146 Å². The van der Waals surface area contributed by atoms with Crippen LogP contribution in [0, 0.1) is 0 Å². The smallest absolute Gasteiger partial charge is 0.137 e. The van der Waals surface area contributed by atoms with Gasteiger partial charge in [-0.05, 0) is 66.4 Å². The van der Waals surface area contributed by atoms with E-state index in [1.54, 1.807) is 0 Å². The number of fused-ring (bicyclic) bond motifs is 3. The molecule has 1 heterocycles. The molecule has 0 amide bonds. The molecule has 190 valence electrons. The number of benzene rings is 5. The Morgan fingerprint density at radius 1 is 0.692 bits per heavy atom. The maximum Gasteiger partial charge on any atom is 0.137 e. The van der Waals surface area contributed by atoms with Gasteiger partial charge in [-0.2, -0.15) is 0 Å². The number of furan rings is 1. The first-order chi connectivity index (χ1) is 19.2. The lowest BCUT2D eigenvalue weighted by Crippen LogP contribution is -2.11. The molecule has 0 fully saturated rings. The second-order valence-corrected chi connectivity index (χ2v) is 9.73. The van der Waals surface area contributed by atoms with Gasteiger partial charge in [-0.1, -0.05) is 104 Å². The number of rotatable bonds is 7. The molecule has 0 spiro atoms. The lowest BCUT2D eigenvalue weighted by atomic mass is 10.0. The second kappa shape index (κ2) is 10.9. The van der Waals surface area contributed by atoms with Crippen LogP contribution < -0.4 is 4.90 Å². The first kappa shape index (κ1) is 24.5. The Hall–Kier alpha value is -4.82. The number of anilines is 3. The van der Waals surface area contributed by atoms with Gasteiger partial charge < -0.3 is 9.32 Å². The molecule has 6 aromatic rings. The zero-order valence-electron chi connectivity index (χ0n) is 22.3. The number of para-hydroxylation sites is 2. The van der Waals surface area contributed by atoms with Crippen molar-refractivity contribution in [1.29, 1.82) is 0 Å². The van der Waals surface area contributed by atoms with Gasteiger partial charge in [0.15, 0.2) is 0 Å². The fourth-order valence-corrected chi connectivity index (χ4v) is 5.13. The van der Waals surface area contributed by atoms with Crippen molar-refractivity contribution in [2.75, 3.05) is 4.90 Å². The summed E-state index contributed by atoms with van der Waals surface area (Å²) in [4.78, 5) is 2.33. The molecular formula is C37H31NO. The van der Waals surface area contributed by atoms with Crippen molar-refractivity contribution in [3.8, 4) is 11.1 Å². The number of hydrogen-bond donors (Lipinski definition) is 0. The van der Waals surface area contributed by atoms with Crippen LogP contribution in [-0.4, -0.2) is 0 Å². The van der Waals surface area contributed by atoms with E-state index >= 15 is 0 Å². The largest absolute Gasteiger partial charge is 0.456 e. The molecule has 1 aromatic heterocycles. The highest BCUT2D eigenvalue weighted by atomic mass is 16.3. The van der Waals surface area contributed by atoms with Crippen molar-refractivity contribution in [3.05, 3.63) is 145 Å². The monoisotopic (exact) mass is 505 g/mol. The molecule has 0 aliphatic carbocycles. The van der Waals surface area contributed by atoms with Crippen LogP contribution >= 0.6 is 0 Å². The van der Waals surface area contributed by atoms with Gasteiger partial charge in [0, 0.05) is 33.8 Å².